The maximum absolute atomic E-state index is 13.1. The van der Waals surface area contributed by atoms with Gasteiger partial charge in [-0.25, -0.2) is 31.5 Å². The summed E-state index contributed by atoms with van der Waals surface area (Å²) in [6, 6.07) is 5.32. The van der Waals surface area contributed by atoms with E-state index in [4.69, 9.17) is 22.5 Å². The molecule has 1 heterocycles. The number of benzene rings is 2. The molecule has 31 heavy (non-hydrogen) atoms. The number of aromatic nitrogens is 2. The van der Waals surface area contributed by atoms with Gasteiger partial charge in [0.05, 0.1) is 22.2 Å². The van der Waals surface area contributed by atoms with E-state index in [1.807, 2.05) is 0 Å². The number of carboxylic acid groups (broad SMARTS) is 1. The van der Waals surface area contributed by atoms with Crippen molar-refractivity contribution in [1.29, 1.82) is 0 Å². The molecule has 1 aromatic heterocycles. The number of sulfonamides is 1. The van der Waals surface area contributed by atoms with Crippen LogP contribution in [0.5, 0.6) is 0 Å². The number of carbonyl (C=O) groups excluding carboxylic acids is 2. The van der Waals surface area contributed by atoms with E-state index in [1.54, 1.807) is 0 Å². The topological polar surface area (TPSA) is 195 Å². The Morgan fingerprint density at radius 2 is 1.74 bits per heavy atom. The van der Waals surface area contributed by atoms with Gasteiger partial charge in [-0.1, -0.05) is 11.6 Å². The fraction of sp³-hybridized carbons (Fsp3) is 0.0625. The summed E-state index contributed by atoms with van der Waals surface area (Å²) in [5.41, 5.74) is 4.29. The van der Waals surface area contributed by atoms with Crippen LogP contribution in [0.4, 0.5) is 5.69 Å². The predicted octanol–water partition coefficient (Wildman–Crippen LogP) is -3.62. The van der Waals surface area contributed by atoms with Crippen LogP contribution in [0.2, 0.25) is 5.02 Å². The van der Waals surface area contributed by atoms with Gasteiger partial charge >= 0.3 is 29.6 Å². The molecule has 2 aromatic carbocycles. The molecule has 0 saturated carbocycles. The van der Waals surface area contributed by atoms with Gasteiger partial charge in [-0.15, -0.1) is 0 Å². The van der Waals surface area contributed by atoms with E-state index in [1.165, 1.54) is 0 Å². The van der Waals surface area contributed by atoms with E-state index < -0.39 is 53.0 Å². The van der Waals surface area contributed by atoms with E-state index in [9.17, 15) is 31.5 Å². The number of rotatable bonds is 4. The Morgan fingerprint density at radius 1 is 1.13 bits per heavy atom. The Bertz CT molecular complexity index is 1470. The number of sulfone groups is 1. The zero-order valence-corrected chi connectivity index (χ0v) is 20.4. The number of imidazole rings is 1. The smallest absolute Gasteiger partial charge is 0.545 e. The largest absolute Gasteiger partial charge is 1.00 e. The molecule has 0 radical (unpaired) electrons. The molecule has 11 nitrogen and oxygen atoms in total. The summed E-state index contributed by atoms with van der Waals surface area (Å²) in [6.45, 7) is 0. The second kappa shape index (κ2) is 8.50. The standard InChI is InChI=1S/C16H13ClN4O7S2.Na/c1-29(25,26)16-20-13-10(5-3-8(12(13)18)15(23)24)21(16)14(22)7-2-4-9(17)11(6-7)30(19,27)28;/h2-6H,18H2,1H3,(H,23,24)(H2,19,27,28);/q;+1/p-1. The van der Waals surface area contributed by atoms with Gasteiger partial charge in [0.1, 0.15) is 10.4 Å². The normalized spacial score (nSPS) is 11.8. The van der Waals surface area contributed by atoms with Crippen LogP contribution in [0.25, 0.3) is 11.0 Å². The van der Waals surface area contributed by atoms with Crippen LogP contribution in [0, 0.1) is 0 Å². The van der Waals surface area contributed by atoms with Crippen molar-refractivity contribution >= 4 is 60.1 Å². The number of primary sulfonamides is 1. The van der Waals surface area contributed by atoms with Gasteiger partial charge in [0.15, 0.2) is 0 Å². The Kier molecular flexibility index (Phi) is 6.93. The first-order valence-corrected chi connectivity index (χ1v) is 11.6. The summed E-state index contributed by atoms with van der Waals surface area (Å²) in [6.07, 6.45) is 0.783. The molecule has 0 bridgehead atoms. The zero-order chi connectivity index (χ0) is 22.6. The second-order valence-corrected chi connectivity index (χ2v) is 10.0. The van der Waals surface area contributed by atoms with Gasteiger partial charge in [0, 0.05) is 17.4 Å². The maximum Gasteiger partial charge on any atom is 1.00 e. The van der Waals surface area contributed by atoms with E-state index in [0.717, 1.165) is 36.6 Å². The number of halogens is 1. The Morgan fingerprint density at radius 3 is 2.26 bits per heavy atom. The molecule has 0 aliphatic carbocycles. The number of nitrogen functional groups attached to an aromatic ring is 1. The average molecular weight is 495 g/mol. The van der Waals surface area contributed by atoms with Crippen molar-refractivity contribution in [2.45, 2.75) is 10.1 Å². The van der Waals surface area contributed by atoms with Crippen LogP contribution < -0.4 is 45.5 Å². The van der Waals surface area contributed by atoms with Crippen molar-refractivity contribution in [3.8, 4) is 0 Å². The first-order valence-electron chi connectivity index (χ1n) is 7.83. The summed E-state index contributed by atoms with van der Waals surface area (Å²) in [4.78, 5) is 27.6. The van der Waals surface area contributed by atoms with Gasteiger partial charge in [0.25, 0.3) is 5.91 Å². The molecule has 0 unspecified atom stereocenters. The Hall–Kier alpha value is -2.00. The van der Waals surface area contributed by atoms with Crippen LogP contribution in [-0.2, 0) is 19.9 Å². The van der Waals surface area contributed by atoms with Gasteiger partial charge in [0.2, 0.25) is 25.0 Å². The van der Waals surface area contributed by atoms with Crippen LogP contribution >= 0.6 is 11.6 Å². The SMILES string of the molecule is CS(=O)(=O)c1nc2c(N)c(C(=O)[O-])ccc2n1C(=O)c1ccc(Cl)c(S(N)(=O)=O)c1.[Na+]. The molecule has 0 amide bonds. The van der Waals surface area contributed by atoms with E-state index in [-0.39, 0.29) is 51.2 Å². The van der Waals surface area contributed by atoms with Crippen LogP contribution in [0.1, 0.15) is 20.7 Å². The molecule has 0 aliphatic rings. The first-order chi connectivity index (χ1) is 13.7. The molecule has 0 saturated heterocycles. The van der Waals surface area contributed by atoms with E-state index in [0.29, 0.717) is 4.57 Å². The molecule has 3 aromatic rings. The van der Waals surface area contributed by atoms with Crippen molar-refractivity contribution in [2.75, 3.05) is 12.0 Å². The summed E-state index contributed by atoms with van der Waals surface area (Å²) in [5.74, 6) is -2.60. The van der Waals surface area contributed by atoms with Gasteiger partial charge < -0.3 is 15.6 Å². The molecule has 0 atom stereocenters. The van der Waals surface area contributed by atoms with Crippen molar-refractivity contribution in [3.05, 3.63) is 46.5 Å². The molecule has 15 heteroatoms. The number of nitrogens with two attached hydrogens (primary N) is 2. The monoisotopic (exact) mass is 494 g/mol. The van der Waals surface area contributed by atoms with Gasteiger partial charge in [-0.05, 0) is 30.3 Å². The fourth-order valence-electron chi connectivity index (χ4n) is 2.75. The van der Waals surface area contributed by atoms with Crippen molar-refractivity contribution in [1.82, 2.24) is 9.55 Å². The maximum atomic E-state index is 13.1. The summed E-state index contributed by atoms with van der Waals surface area (Å²) >= 11 is 5.81. The third-order valence-corrected chi connectivity index (χ3v) is 6.40. The number of fused-ring (bicyclic) bond motifs is 1. The predicted molar refractivity (Wildman–Crippen MR) is 104 cm³/mol. The third kappa shape index (κ3) is 4.62. The van der Waals surface area contributed by atoms with Crippen LogP contribution in [0.15, 0.2) is 40.4 Å². The number of hydrogen-bond donors (Lipinski definition) is 2. The minimum atomic E-state index is -4.28. The summed E-state index contributed by atoms with van der Waals surface area (Å²) < 4.78 is 48.5. The third-order valence-electron chi connectivity index (χ3n) is 4.07. The number of aromatic carboxylic acids is 1. The Labute approximate surface area is 203 Å². The number of anilines is 1. The minimum Gasteiger partial charge on any atom is -0.545 e. The second-order valence-electron chi connectivity index (χ2n) is 6.18. The first kappa shape index (κ1) is 25.3. The fourth-order valence-corrected chi connectivity index (χ4v) is 4.59. The molecule has 0 spiro atoms. The van der Waals surface area contributed by atoms with Crippen molar-refractivity contribution in [2.24, 2.45) is 5.14 Å². The number of hydrogen-bond acceptors (Lipinski definition) is 9. The number of nitrogens with zero attached hydrogens (tertiary/aromatic N) is 2. The molecular weight excluding hydrogens is 483 g/mol. The quantitative estimate of drug-likeness (QED) is 0.271. The number of carbonyl (C=O) groups is 2. The van der Waals surface area contributed by atoms with Gasteiger partial charge in [-0.2, -0.15) is 0 Å². The molecule has 4 N–H and O–H groups in total. The average Bonchev–Trinajstić information content (AvgIpc) is 3.01. The van der Waals surface area contributed by atoms with E-state index in [2.05, 4.69) is 4.98 Å². The molecule has 3 rings (SSSR count). The van der Waals surface area contributed by atoms with Crippen LogP contribution in [-0.4, -0.2) is 44.5 Å². The van der Waals surface area contributed by atoms with Crippen molar-refractivity contribution in [3.63, 3.8) is 0 Å². The van der Waals surface area contributed by atoms with E-state index >= 15 is 0 Å². The molecular formula is C16H12ClN4NaO7S2. The van der Waals surface area contributed by atoms with Crippen LogP contribution in [0.3, 0.4) is 0 Å². The minimum absolute atomic E-state index is 0. The van der Waals surface area contributed by atoms with Crippen molar-refractivity contribution < 1.29 is 61.1 Å². The summed E-state index contributed by atoms with van der Waals surface area (Å²) in [5, 5.41) is 15.3. The molecule has 0 fully saturated rings. The van der Waals surface area contributed by atoms with Gasteiger partial charge in [-0.3, -0.25) is 4.79 Å². The zero-order valence-electron chi connectivity index (χ0n) is 16.0. The molecule has 0 aliphatic heterocycles. The molecule has 158 valence electrons. The summed E-state index contributed by atoms with van der Waals surface area (Å²) in [7, 11) is -8.38. The number of carboxylic acids is 1. The Balaban J connectivity index is 0.00000341.